The minimum atomic E-state index is -0.135. The Balaban J connectivity index is 2.34. The second kappa shape index (κ2) is 2.67. The van der Waals surface area contributed by atoms with Gasteiger partial charge in [0.1, 0.15) is 0 Å². The molecule has 0 spiro atoms. The summed E-state index contributed by atoms with van der Waals surface area (Å²) in [6.07, 6.45) is 1.94. The molecule has 1 saturated heterocycles. The van der Waals surface area contributed by atoms with Gasteiger partial charge in [0.2, 0.25) is 0 Å². The van der Waals surface area contributed by atoms with E-state index in [0.717, 1.165) is 12.8 Å². The van der Waals surface area contributed by atoms with Crippen molar-refractivity contribution >= 4 is 0 Å². The summed E-state index contributed by atoms with van der Waals surface area (Å²) in [5, 5.41) is 9.17. The molecule has 2 nitrogen and oxygen atoms in total. The Morgan fingerprint density at radius 1 is 1.22 bits per heavy atom. The van der Waals surface area contributed by atoms with Crippen LogP contribution in [0.25, 0.3) is 0 Å². The molecule has 0 bridgehead atoms. The van der Waals surface area contributed by atoms with Gasteiger partial charge >= 0.3 is 0 Å². The zero-order chi connectivity index (χ0) is 6.85. The van der Waals surface area contributed by atoms with Gasteiger partial charge in [0.05, 0.1) is 18.3 Å². The van der Waals surface area contributed by atoms with Crippen molar-refractivity contribution in [2.75, 3.05) is 0 Å². The van der Waals surface area contributed by atoms with E-state index in [1.807, 2.05) is 13.8 Å². The number of aliphatic hydroxyl groups is 1. The number of rotatable bonds is 0. The van der Waals surface area contributed by atoms with Crippen molar-refractivity contribution in [3.63, 3.8) is 0 Å². The molecule has 54 valence electrons. The van der Waals surface area contributed by atoms with Crippen LogP contribution < -0.4 is 0 Å². The van der Waals surface area contributed by atoms with Crippen molar-refractivity contribution in [3.05, 3.63) is 0 Å². The summed E-state index contributed by atoms with van der Waals surface area (Å²) >= 11 is 0. The summed E-state index contributed by atoms with van der Waals surface area (Å²) < 4.78 is 5.40. The van der Waals surface area contributed by atoms with Gasteiger partial charge in [-0.3, -0.25) is 0 Å². The summed E-state index contributed by atoms with van der Waals surface area (Å²) in [7, 11) is 0. The highest BCUT2D eigenvalue weighted by molar-refractivity contribution is 4.71. The Labute approximate surface area is 55.8 Å². The van der Waals surface area contributed by atoms with Crippen LogP contribution in [0.1, 0.15) is 26.7 Å². The molecule has 0 aromatic heterocycles. The maximum Gasteiger partial charge on any atom is 0.0589 e. The zero-order valence-electron chi connectivity index (χ0n) is 6.00. The Morgan fingerprint density at radius 3 is 2.00 bits per heavy atom. The van der Waals surface area contributed by atoms with Gasteiger partial charge in [0.15, 0.2) is 0 Å². The average molecular weight is 130 g/mol. The molecule has 3 atom stereocenters. The first kappa shape index (κ1) is 7.03. The standard InChI is InChI=1S/C7H14O2/c1-5-3-7(8)4-6(2)9-5/h5-8H,3-4H2,1-2H3/t5-,6+,7?. The van der Waals surface area contributed by atoms with E-state index in [9.17, 15) is 5.11 Å². The minimum absolute atomic E-state index is 0.135. The molecule has 1 fully saturated rings. The largest absolute Gasteiger partial charge is 0.393 e. The SMILES string of the molecule is C[C@@H]1CC(O)C[C@H](C)O1. The van der Waals surface area contributed by atoms with Crippen molar-refractivity contribution in [1.29, 1.82) is 0 Å². The Kier molecular flexibility index (Phi) is 2.09. The van der Waals surface area contributed by atoms with Crippen LogP contribution in [0.2, 0.25) is 0 Å². The van der Waals surface area contributed by atoms with Gasteiger partial charge in [0.25, 0.3) is 0 Å². The normalized spacial score (nSPS) is 45.0. The van der Waals surface area contributed by atoms with Crippen LogP contribution in [0, 0.1) is 0 Å². The van der Waals surface area contributed by atoms with Crippen LogP contribution in [0.3, 0.4) is 0 Å². The molecule has 1 rings (SSSR count). The minimum Gasteiger partial charge on any atom is -0.393 e. The van der Waals surface area contributed by atoms with Crippen LogP contribution in [0.5, 0.6) is 0 Å². The lowest BCUT2D eigenvalue weighted by atomic mass is 10.0. The fourth-order valence-corrected chi connectivity index (χ4v) is 1.37. The van der Waals surface area contributed by atoms with Crippen molar-refractivity contribution in [2.24, 2.45) is 0 Å². The molecule has 1 unspecified atom stereocenters. The number of hydrogen-bond donors (Lipinski definition) is 1. The monoisotopic (exact) mass is 130 g/mol. The molecule has 1 aliphatic rings. The molecule has 1 heterocycles. The maximum absolute atomic E-state index is 9.17. The van der Waals surface area contributed by atoms with Gasteiger partial charge in [0, 0.05) is 0 Å². The van der Waals surface area contributed by atoms with E-state index < -0.39 is 0 Å². The third-order valence-corrected chi connectivity index (χ3v) is 1.67. The summed E-state index contributed by atoms with van der Waals surface area (Å²) in [5.74, 6) is 0. The molecule has 0 radical (unpaired) electrons. The van der Waals surface area contributed by atoms with Crippen LogP contribution in [-0.4, -0.2) is 23.4 Å². The highest BCUT2D eigenvalue weighted by Gasteiger charge is 2.21. The second-order valence-corrected chi connectivity index (χ2v) is 2.88. The summed E-state index contributed by atoms with van der Waals surface area (Å²) in [4.78, 5) is 0. The first-order valence-corrected chi connectivity index (χ1v) is 3.52. The average Bonchev–Trinajstić information content (AvgIpc) is 1.59. The molecule has 1 N–H and O–H groups in total. The van der Waals surface area contributed by atoms with E-state index in [1.165, 1.54) is 0 Å². The molecule has 1 aliphatic heterocycles. The van der Waals surface area contributed by atoms with E-state index in [0.29, 0.717) is 0 Å². The lowest BCUT2D eigenvalue weighted by Crippen LogP contribution is -2.32. The Hall–Kier alpha value is -0.0800. The predicted molar refractivity (Wildman–Crippen MR) is 35.2 cm³/mol. The van der Waals surface area contributed by atoms with Gasteiger partial charge in [-0.2, -0.15) is 0 Å². The third kappa shape index (κ3) is 1.95. The van der Waals surface area contributed by atoms with Crippen molar-refractivity contribution in [2.45, 2.75) is 45.0 Å². The topological polar surface area (TPSA) is 29.5 Å². The first-order chi connectivity index (χ1) is 4.18. The molecule has 0 aromatic carbocycles. The lowest BCUT2D eigenvalue weighted by Gasteiger charge is -2.28. The van der Waals surface area contributed by atoms with Gasteiger partial charge in [-0.25, -0.2) is 0 Å². The van der Waals surface area contributed by atoms with E-state index in [2.05, 4.69) is 0 Å². The zero-order valence-corrected chi connectivity index (χ0v) is 6.00. The van der Waals surface area contributed by atoms with E-state index in [4.69, 9.17) is 4.74 Å². The summed E-state index contributed by atoms with van der Waals surface area (Å²) in [6.45, 7) is 4.00. The van der Waals surface area contributed by atoms with Gasteiger partial charge in [-0.15, -0.1) is 0 Å². The fourth-order valence-electron chi connectivity index (χ4n) is 1.37. The molecule has 0 saturated carbocycles. The van der Waals surface area contributed by atoms with E-state index in [-0.39, 0.29) is 18.3 Å². The molecule has 0 amide bonds. The molecule has 9 heavy (non-hydrogen) atoms. The molecular weight excluding hydrogens is 116 g/mol. The van der Waals surface area contributed by atoms with Crippen LogP contribution in [0.15, 0.2) is 0 Å². The first-order valence-electron chi connectivity index (χ1n) is 3.52. The van der Waals surface area contributed by atoms with E-state index >= 15 is 0 Å². The van der Waals surface area contributed by atoms with Gasteiger partial charge < -0.3 is 9.84 Å². The quantitative estimate of drug-likeness (QED) is 0.528. The van der Waals surface area contributed by atoms with Crippen LogP contribution in [0.4, 0.5) is 0 Å². The van der Waals surface area contributed by atoms with Crippen molar-refractivity contribution in [3.8, 4) is 0 Å². The highest BCUT2D eigenvalue weighted by Crippen LogP contribution is 2.18. The summed E-state index contributed by atoms with van der Waals surface area (Å²) in [5.41, 5.74) is 0. The predicted octanol–water partition coefficient (Wildman–Crippen LogP) is 0.935. The molecule has 0 aromatic rings. The highest BCUT2D eigenvalue weighted by atomic mass is 16.5. The second-order valence-electron chi connectivity index (χ2n) is 2.88. The van der Waals surface area contributed by atoms with Crippen molar-refractivity contribution < 1.29 is 9.84 Å². The maximum atomic E-state index is 9.17. The molecule has 0 aliphatic carbocycles. The van der Waals surface area contributed by atoms with Crippen LogP contribution in [-0.2, 0) is 4.74 Å². The Bertz CT molecular complexity index is 67.9. The fraction of sp³-hybridized carbons (Fsp3) is 1.00. The number of hydrogen-bond acceptors (Lipinski definition) is 2. The molecule has 2 heteroatoms. The van der Waals surface area contributed by atoms with Gasteiger partial charge in [-0.1, -0.05) is 0 Å². The van der Waals surface area contributed by atoms with E-state index in [1.54, 1.807) is 0 Å². The van der Waals surface area contributed by atoms with Crippen molar-refractivity contribution in [1.82, 2.24) is 0 Å². The smallest absolute Gasteiger partial charge is 0.0589 e. The van der Waals surface area contributed by atoms with Crippen LogP contribution >= 0.6 is 0 Å². The third-order valence-electron chi connectivity index (χ3n) is 1.67. The number of ether oxygens (including phenoxy) is 1. The van der Waals surface area contributed by atoms with Gasteiger partial charge in [-0.05, 0) is 26.7 Å². The Morgan fingerprint density at radius 2 is 1.67 bits per heavy atom. The lowest BCUT2D eigenvalue weighted by molar-refractivity contribution is -0.0791. The molecular formula is C7H14O2. The number of aliphatic hydroxyl groups excluding tert-OH is 1. The summed E-state index contributed by atoms with van der Waals surface area (Å²) in [6, 6.07) is 0.